The highest BCUT2D eigenvalue weighted by Gasteiger charge is 2.25. The van der Waals surface area contributed by atoms with Crippen LogP contribution in [0.4, 0.5) is 0 Å². The number of nitrogens with zero attached hydrogens (tertiary/aromatic N) is 3. The minimum atomic E-state index is -1.70. The fourth-order valence-electron chi connectivity index (χ4n) is 1.84. The van der Waals surface area contributed by atoms with E-state index in [0.717, 1.165) is 0 Å². The Kier molecular flexibility index (Phi) is 6.26. The van der Waals surface area contributed by atoms with Crippen molar-refractivity contribution in [2.45, 2.75) is 6.42 Å². The lowest BCUT2D eigenvalue weighted by molar-refractivity contribution is -0.139. The summed E-state index contributed by atoms with van der Waals surface area (Å²) in [5.41, 5.74) is 0. The number of hydrogen-bond donors (Lipinski definition) is 0. The molecular weight excluding hydrogens is 225 g/mol. The number of carbonyl (C=O) groups is 1. The maximum atomic E-state index is 11.2. The van der Waals surface area contributed by atoms with Gasteiger partial charge in [-0.1, -0.05) is 0 Å². The lowest BCUT2D eigenvalue weighted by atomic mass is 10.5. The fraction of sp³-hybridized carbons (Fsp3) is 0.800. The van der Waals surface area contributed by atoms with Crippen molar-refractivity contribution < 1.29 is 9.53 Å². The van der Waals surface area contributed by atoms with Gasteiger partial charge >= 0.3 is 5.97 Å². The summed E-state index contributed by atoms with van der Waals surface area (Å²) in [5.74, 6) is 1.86. The first-order valence-electron chi connectivity index (χ1n) is 5.12. The Morgan fingerprint density at radius 2 is 1.44 bits per heavy atom. The molecule has 0 aliphatic carbocycles. The van der Waals surface area contributed by atoms with E-state index in [0.29, 0.717) is 6.42 Å². The van der Waals surface area contributed by atoms with Gasteiger partial charge in [0.25, 0.3) is 0 Å². The molecule has 0 unspecified atom stereocenters. The Bertz CT molecular complexity index is 259. The van der Waals surface area contributed by atoms with Gasteiger partial charge in [0.2, 0.25) is 0 Å². The highest BCUT2D eigenvalue weighted by atomic mass is 31.2. The Labute approximate surface area is 99.1 Å². The molecule has 0 heterocycles. The summed E-state index contributed by atoms with van der Waals surface area (Å²) in [6, 6.07) is 0. The predicted octanol–water partition coefficient (Wildman–Crippen LogP) is 0.799. The number of ether oxygens (including phenoxy) is 1. The Morgan fingerprint density at radius 1 is 1.06 bits per heavy atom. The van der Waals surface area contributed by atoms with Crippen LogP contribution in [0.3, 0.4) is 0 Å². The normalized spacial score (nSPS) is 12.4. The summed E-state index contributed by atoms with van der Waals surface area (Å²) < 4.78 is 11.2. The van der Waals surface area contributed by atoms with E-state index >= 15 is 0 Å². The molecular formula is C10H24N3O2P. The molecule has 0 rings (SSSR count). The Hall–Kier alpha value is -0.350. The zero-order valence-corrected chi connectivity index (χ0v) is 12.3. The molecule has 0 aliphatic rings. The molecule has 0 spiro atoms. The number of esters is 1. The van der Waals surface area contributed by atoms with Crippen LogP contribution in [0.25, 0.3) is 0 Å². The van der Waals surface area contributed by atoms with Crippen LogP contribution in [-0.4, -0.2) is 75.2 Å². The minimum absolute atomic E-state index is 0.199. The van der Waals surface area contributed by atoms with Gasteiger partial charge in [0.1, 0.15) is 0 Å². The summed E-state index contributed by atoms with van der Waals surface area (Å²) in [5, 5.41) is 0. The maximum Gasteiger partial charge on any atom is 0.309 e. The van der Waals surface area contributed by atoms with Crippen molar-refractivity contribution in [1.82, 2.24) is 14.0 Å². The van der Waals surface area contributed by atoms with Crippen LogP contribution in [0.5, 0.6) is 0 Å². The molecule has 0 saturated carbocycles. The van der Waals surface area contributed by atoms with Gasteiger partial charge in [0.05, 0.1) is 20.9 Å². The number of hydrogen-bond acceptors (Lipinski definition) is 5. The molecule has 6 heteroatoms. The first-order chi connectivity index (χ1) is 7.28. The molecule has 96 valence electrons. The Balaban J connectivity index is 5.27. The average Bonchev–Trinajstić information content (AvgIpc) is 2.16. The van der Waals surface area contributed by atoms with Crippen molar-refractivity contribution in [2.75, 3.05) is 49.4 Å². The topological polar surface area (TPSA) is 36.0 Å². The third-order valence-corrected chi connectivity index (χ3v) is 6.70. The molecule has 0 radical (unpaired) electrons. The summed E-state index contributed by atoms with van der Waals surface area (Å²) in [7, 11) is 11.9. The van der Waals surface area contributed by atoms with Crippen LogP contribution in [0.15, 0.2) is 0 Å². The minimum Gasteiger partial charge on any atom is -0.469 e. The van der Waals surface area contributed by atoms with Gasteiger partial charge < -0.3 is 4.74 Å². The Morgan fingerprint density at radius 3 is 1.69 bits per heavy atom. The van der Waals surface area contributed by atoms with Crippen molar-refractivity contribution in [3.8, 4) is 0 Å². The summed E-state index contributed by atoms with van der Waals surface area (Å²) in [4.78, 5) is 11.2. The number of methoxy groups -OCH3 is 1. The molecule has 0 aromatic heterocycles. The van der Waals surface area contributed by atoms with Crippen LogP contribution >= 0.6 is 7.34 Å². The average molecular weight is 249 g/mol. The van der Waals surface area contributed by atoms with Crippen LogP contribution < -0.4 is 0 Å². The van der Waals surface area contributed by atoms with E-state index in [-0.39, 0.29) is 5.97 Å². The smallest absolute Gasteiger partial charge is 0.309 e. The molecule has 0 aromatic carbocycles. The van der Waals surface area contributed by atoms with Crippen molar-refractivity contribution in [2.24, 2.45) is 0 Å². The lowest BCUT2D eigenvalue weighted by Gasteiger charge is -2.43. The molecule has 0 N–H and O–H groups in total. The molecule has 16 heavy (non-hydrogen) atoms. The molecule has 0 fully saturated rings. The van der Waals surface area contributed by atoms with Gasteiger partial charge in [-0.15, -0.1) is 0 Å². The molecule has 0 amide bonds. The standard InChI is InChI=1S/C10H24N3O2P/c1-11(2)16(12(3)4,13(5)6)9-8-10(14)15-7/h9H,8H2,1-7H3. The number of carbonyl (C=O) groups excluding carboxylic acids is 1. The van der Waals surface area contributed by atoms with Crippen LogP contribution in [0.1, 0.15) is 6.42 Å². The SMILES string of the molecule is COC(=O)CC=P(N(C)C)(N(C)C)N(C)C. The monoisotopic (exact) mass is 249 g/mol. The van der Waals surface area contributed by atoms with E-state index in [9.17, 15) is 4.79 Å². The van der Waals surface area contributed by atoms with E-state index in [2.05, 4.69) is 24.5 Å². The first kappa shape index (κ1) is 15.7. The highest BCUT2D eigenvalue weighted by molar-refractivity contribution is 7.68. The highest BCUT2D eigenvalue weighted by Crippen LogP contribution is 2.52. The molecule has 0 aromatic rings. The van der Waals surface area contributed by atoms with Gasteiger partial charge in [0.15, 0.2) is 0 Å². The molecule has 5 nitrogen and oxygen atoms in total. The number of rotatable bonds is 5. The van der Waals surface area contributed by atoms with Crippen LogP contribution in [0, 0.1) is 0 Å². The fourth-order valence-corrected chi connectivity index (χ4v) is 5.36. The summed E-state index contributed by atoms with van der Waals surface area (Å²) in [6.07, 6.45) is 0.332. The maximum absolute atomic E-state index is 11.2. The van der Waals surface area contributed by atoms with Gasteiger partial charge in [-0.05, 0) is 48.1 Å². The van der Waals surface area contributed by atoms with Crippen molar-refractivity contribution in [3.63, 3.8) is 0 Å². The zero-order chi connectivity index (χ0) is 12.9. The summed E-state index contributed by atoms with van der Waals surface area (Å²) in [6.45, 7) is 0. The van der Waals surface area contributed by atoms with Crippen LogP contribution in [0.2, 0.25) is 0 Å². The van der Waals surface area contributed by atoms with Crippen LogP contribution in [-0.2, 0) is 9.53 Å². The van der Waals surface area contributed by atoms with E-state index in [1.165, 1.54) is 7.11 Å². The first-order valence-corrected chi connectivity index (χ1v) is 6.84. The van der Waals surface area contributed by atoms with Crippen molar-refractivity contribution in [1.29, 1.82) is 0 Å². The third-order valence-electron chi connectivity index (χ3n) is 2.50. The second-order valence-corrected chi connectivity index (χ2v) is 8.11. The van der Waals surface area contributed by atoms with Gasteiger partial charge in [-0.3, -0.25) is 18.8 Å². The summed E-state index contributed by atoms with van der Waals surface area (Å²) >= 11 is 0. The zero-order valence-electron chi connectivity index (χ0n) is 11.4. The van der Waals surface area contributed by atoms with Crippen molar-refractivity contribution in [3.05, 3.63) is 0 Å². The van der Waals surface area contributed by atoms with Gasteiger partial charge in [0, 0.05) is 0 Å². The second-order valence-electron chi connectivity index (χ2n) is 4.12. The lowest BCUT2D eigenvalue weighted by Crippen LogP contribution is -2.32. The van der Waals surface area contributed by atoms with E-state index in [4.69, 9.17) is 0 Å². The van der Waals surface area contributed by atoms with E-state index in [1.54, 1.807) is 0 Å². The third kappa shape index (κ3) is 3.32. The molecule has 0 saturated heterocycles. The quantitative estimate of drug-likeness (QED) is 0.532. The largest absolute Gasteiger partial charge is 0.469 e. The van der Waals surface area contributed by atoms with E-state index in [1.807, 2.05) is 42.3 Å². The van der Waals surface area contributed by atoms with Gasteiger partial charge in [-0.25, -0.2) is 0 Å². The van der Waals surface area contributed by atoms with E-state index < -0.39 is 7.34 Å². The van der Waals surface area contributed by atoms with Gasteiger partial charge in [-0.2, -0.15) is 0 Å². The second kappa shape index (κ2) is 6.40. The predicted molar refractivity (Wildman–Crippen MR) is 70.7 cm³/mol. The molecule has 0 atom stereocenters. The molecule has 0 bridgehead atoms. The molecule has 0 aliphatic heterocycles. The van der Waals surface area contributed by atoms with Crippen molar-refractivity contribution >= 4 is 19.1 Å².